The maximum absolute atomic E-state index is 11.7. The summed E-state index contributed by atoms with van der Waals surface area (Å²) in [6.45, 7) is 4.54. The second kappa shape index (κ2) is 4.73. The number of hydrogen-bond acceptors (Lipinski definition) is 5. The molecule has 0 unspecified atom stereocenters. The predicted molar refractivity (Wildman–Crippen MR) is 62.0 cm³/mol. The fourth-order valence-corrected chi connectivity index (χ4v) is 3.17. The number of aryl methyl sites for hydroxylation is 1. The van der Waals surface area contributed by atoms with Gasteiger partial charge >= 0.3 is 0 Å². The first kappa shape index (κ1) is 12.5. The van der Waals surface area contributed by atoms with Crippen LogP contribution >= 0.6 is 0 Å². The number of aromatic nitrogens is 2. The van der Waals surface area contributed by atoms with Crippen molar-refractivity contribution in [2.24, 2.45) is 0 Å². The molecular weight excluding hydrogens is 242 g/mol. The van der Waals surface area contributed by atoms with Crippen LogP contribution in [0.15, 0.2) is 4.52 Å². The average molecular weight is 259 g/mol. The number of nitrogens with zero attached hydrogens (tertiary/aromatic N) is 3. The Morgan fingerprint density at radius 3 is 2.53 bits per heavy atom. The molecule has 0 aliphatic carbocycles. The van der Waals surface area contributed by atoms with Crippen molar-refractivity contribution in [3.8, 4) is 0 Å². The molecule has 1 aliphatic rings. The van der Waals surface area contributed by atoms with E-state index in [1.165, 1.54) is 0 Å². The minimum atomic E-state index is -3.05. The maximum atomic E-state index is 11.7. The third-order valence-corrected chi connectivity index (χ3v) is 4.99. The summed E-state index contributed by atoms with van der Waals surface area (Å²) in [5.41, 5.74) is 0. The van der Waals surface area contributed by atoms with E-state index in [2.05, 4.69) is 10.1 Å². The first-order chi connectivity index (χ1) is 8.03. The Kier molecular flexibility index (Phi) is 3.48. The lowest BCUT2D eigenvalue weighted by molar-refractivity contribution is 0.270. The normalized spacial score (nSPS) is 19.6. The number of piperidine rings is 1. The molecule has 2 heterocycles. The SMILES string of the molecule is CCS(=O)(=O)N1CCC(c2nc(C)no2)CC1. The molecule has 1 saturated heterocycles. The zero-order valence-electron chi connectivity index (χ0n) is 10.1. The van der Waals surface area contributed by atoms with Crippen LogP contribution in [0.3, 0.4) is 0 Å². The number of rotatable bonds is 3. The summed E-state index contributed by atoms with van der Waals surface area (Å²) in [7, 11) is -3.05. The predicted octanol–water partition coefficient (Wildman–Crippen LogP) is 0.907. The first-order valence-corrected chi connectivity index (χ1v) is 7.42. The van der Waals surface area contributed by atoms with Crippen LogP contribution in [0.4, 0.5) is 0 Å². The highest BCUT2D eigenvalue weighted by atomic mass is 32.2. The van der Waals surface area contributed by atoms with Gasteiger partial charge in [0.05, 0.1) is 5.75 Å². The molecule has 0 saturated carbocycles. The van der Waals surface area contributed by atoms with Crippen molar-refractivity contribution in [1.29, 1.82) is 0 Å². The van der Waals surface area contributed by atoms with Gasteiger partial charge in [-0.25, -0.2) is 12.7 Å². The molecular formula is C10H17N3O3S. The van der Waals surface area contributed by atoms with Crippen LogP contribution in [0.5, 0.6) is 0 Å². The van der Waals surface area contributed by atoms with E-state index in [1.54, 1.807) is 18.2 Å². The lowest BCUT2D eigenvalue weighted by Crippen LogP contribution is -2.38. The van der Waals surface area contributed by atoms with Crippen molar-refractivity contribution in [3.63, 3.8) is 0 Å². The summed E-state index contributed by atoms with van der Waals surface area (Å²) in [4.78, 5) is 4.20. The Hall–Kier alpha value is -0.950. The topological polar surface area (TPSA) is 76.3 Å². The Morgan fingerprint density at radius 2 is 2.06 bits per heavy atom. The molecule has 7 heteroatoms. The molecule has 6 nitrogen and oxygen atoms in total. The zero-order chi connectivity index (χ0) is 12.5. The van der Waals surface area contributed by atoms with E-state index in [-0.39, 0.29) is 11.7 Å². The Balaban J connectivity index is 1.99. The van der Waals surface area contributed by atoms with Gasteiger partial charge in [-0.05, 0) is 26.7 Å². The number of hydrogen-bond donors (Lipinski definition) is 0. The molecule has 0 aromatic carbocycles. The number of sulfonamides is 1. The van der Waals surface area contributed by atoms with Crippen LogP contribution in [0.25, 0.3) is 0 Å². The summed E-state index contributed by atoms with van der Waals surface area (Å²) in [5, 5.41) is 3.76. The van der Waals surface area contributed by atoms with Crippen LogP contribution in [0, 0.1) is 6.92 Å². The van der Waals surface area contributed by atoms with E-state index < -0.39 is 10.0 Å². The van der Waals surface area contributed by atoms with Crippen molar-refractivity contribution in [2.45, 2.75) is 32.6 Å². The van der Waals surface area contributed by atoms with Crippen LogP contribution in [0.2, 0.25) is 0 Å². The van der Waals surface area contributed by atoms with Gasteiger partial charge in [-0.15, -0.1) is 0 Å². The van der Waals surface area contributed by atoms with E-state index in [0.29, 0.717) is 24.8 Å². The van der Waals surface area contributed by atoms with Gasteiger partial charge in [-0.2, -0.15) is 4.98 Å². The summed E-state index contributed by atoms with van der Waals surface area (Å²) in [6, 6.07) is 0. The quantitative estimate of drug-likeness (QED) is 0.806. The monoisotopic (exact) mass is 259 g/mol. The highest BCUT2D eigenvalue weighted by Crippen LogP contribution is 2.27. The molecule has 0 spiro atoms. The molecule has 1 aliphatic heterocycles. The molecule has 2 rings (SSSR count). The molecule has 17 heavy (non-hydrogen) atoms. The molecule has 1 aromatic rings. The first-order valence-electron chi connectivity index (χ1n) is 5.81. The smallest absolute Gasteiger partial charge is 0.229 e. The van der Waals surface area contributed by atoms with E-state index in [1.807, 2.05) is 0 Å². The summed E-state index contributed by atoms with van der Waals surface area (Å²) >= 11 is 0. The van der Waals surface area contributed by atoms with Crippen molar-refractivity contribution in [1.82, 2.24) is 14.4 Å². The molecule has 0 amide bonds. The van der Waals surface area contributed by atoms with Gasteiger partial charge in [0.2, 0.25) is 15.9 Å². The molecule has 1 fully saturated rings. The standard InChI is InChI=1S/C10H17N3O3S/c1-3-17(14,15)13-6-4-9(5-7-13)10-11-8(2)12-16-10/h9H,3-7H2,1-2H3. The van der Waals surface area contributed by atoms with Gasteiger partial charge in [0.15, 0.2) is 5.82 Å². The summed E-state index contributed by atoms with van der Waals surface area (Å²) < 4.78 is 30.0. The second-order valence-corrected chi connectivity index (χ2v) is 6.51. The molecule has 0 radical (unpaired) electrons. The third-order valence-electron chi connectivity index (χ3n) is 3.10. The molecule has 0 N–H and O–H groups in total. The minimum Gasteiger partial charge on any atom is -0.339 e. The van der Waals surface area contributed by atoms with Crippen LogP contribution in [0.1, 0.15) is 37.4 Å². The van der Waals surface area contributed by atoms with Crippen molar-refractivity contribution in [3.05, 3.63) is 11.7 Å². The fraction of sp³-hybridized carbons (Fsp3) is 0.800. The molecule has 0 atom stereocenters. The van der Waals surface area contributed by atoms with Gasteiger partial charge in [0.1, 0.15) is 0 Å². The average Bonchev–Trinajstić information content (AvgIpc) is 2.76. The van der Waals surface area contributed by atoms with Crippen LogP contribution in [-0.2, 0) is 10.0 Å². The summed E-state index contributed by atoms with van der Waals surface area (Å²) in [5.74, 6) is 1.62. The largest absolute Gasteiger partial charge is 0.339 e. The minimum absolute atomic E-state index is 0.164. The van der Waals surface area contributed by atoms with Gasteiger partial charge in [-0.3, -0.25) is 0 Å². The highest BCUT2D eigenvalue weighted by Gasteiger charge is 2.29. The van der Waals surface area contributed by atoms with Crippen LogP contribution < -0.4 is 0 Å². The molecule has 96 valence electrons. The Labute approximate surface area is 101 Å². The maximum Gasteiger partial charge on any atom is 0.229 e. The van der Waals surface area contributed by atoms with Gasteiger partial charge in [0, 0.05) is 19.0 Å². The van der Waals surface area contributed by atoms with Gasteiger partial charge < -0.3 is 4.52 Å². The summed E-state index contributed by atoms with van der Waals surface area (Å²) in [6.07, 6.45) is 1.50. The molecule has 0 bridgehead atoms. The lowest BCUT2D eigenvalue weighted by atomic mass is 9.98. The van der Waals surface area contributed by atoms with Crippen molar-refractivity contribution < 1.29 is 12.9 Å². The van der Waals surface area contributed by atoms with Crippen LogP contribution in [-0.4, -0.2) is 41.7 Å². The van der Waals surface area contributed by atoms with Gasteiger partial charge in [-0.1, -0.05) is 5.16 Å². The fourth-order valence-electron chi connectivity index (χ4n) is 2.04. The lowest BCUT2D eigenvalue weighted by Gasteiger charge is -2.29. The Bertz CT molecular complexity index is 475. The zero-order valence-corrected chi connectivity index (χ0v) is 10.9. The van der Waals surface area contributed by atoms with Crippen molar-refractivity contribution in [2.75, 3.05) is 18.8 Å². The third kappa shape index (κ3) is 2.66. The molecule has 1 aromatic heterocycles. The Morgan fingerprint density at radius 1 is 1.41 bits per heavy atom. The van der Waals surface area contributed by atoms with E-state index in [9.17, 15) is 8.42 Å². The van der Waals surface area contributed by atoms with Crippen molar-refractivity contribution >= 4 is 10.0 Å². The van der Waals surface area contributed by atoms with E-state index in [4.69, 9.17) is 4.52 Å². The second-order valence-electron chi connectivity index (χ2n) is 4.25. The van der Waals surface area contributed by atoms with E-state index >= 15 is 0 Å². The highest BCUT2D eigenvalue weighted by molar-refractivity contribution is 7.89. The van der Waals surface area contributed by atoms with Gasteiger partial charge in [0.25, 0.3) is 0 Å². The van der Waals surface area contributed by atoms with E-state index in [0.717, 1.165) is 12.8 Å².